The number of benzene rings is 4. The van der Waals surface area contributed by atoms with Gasteiger partial charge in [-0.2, -0.15) is 26.3 Å². The zero-order chi connectivity index (χ0) is 53.2. The van der Waals surface area contributed by atoms with E-state index in [0.29, 0.717) is 49.3 Å². The molecule has 0 aliphatic carbocycles. The van der Waals surface area contributed by atoms with E-state index >= 15 is 0 Å². The summed E-state index contributed by atoms with van der Waals surface area (Å²) in [5.41, 5.74) is 3.64. The maximum absolute atomic E-state index is 13.8. The molecule has 0 atom stereocenters. The van der Waals surface area contributed by atoms with Crippen molar-refractivity contribution in [2.45, 2.75) is 77.5 Å². The van der Waals surface area contributed by atoms with Crippen molar-refractivity contribution in [2.24, 2.45) is 10.8 Å². The molecule has 0 bridgehead atoms. The monoisotopic (exact) mass is 1040 g/mol. The van der Waals surface area contributed by atoms with Gasteiger partial charge in [0.15, 0.2) is 0 Å². The standard InChI is InChI=1S/C29H32F3N5O4.C24H24F3N5O2/c1-27(2,3)41-26(39)36-18-28(19-36)13-15-35(16-14-28)25(38)37(22-7-5-4-6-8-22)17-20-9-11-21(12-10-20)23-33-34-24(40-23)29(30,31)32;25-24(26,27)21-30-29-20(34-21)18-8-6-17(7-9-18)14-32(19-4-2-1-3-5-19)22(33)31-12-10-23(11-13-31)15-28-16-23/h4-12H,13-19H2,1-3H3;1-9,28H,10-16H2. The Bertz CT molecular complexity index is 2900. The molecule has 4 fully saturated rings. The molecule has 4 aromatic carbocycles. The van der Waals surface area contributed by atoms with Crippen molar-refractivity contribution >= 4 is 29.5 Å². The van der Waals surface area contributed by atoms with Gasteiger partial charge in [-0.15, -0.1) is 20.4 Å². The third-order valence-corrected chi connectivity index (χ3v) is 13.9. The summed E-state index contributed by atoms with van der Waals surface area (Å²) >= 11 is 0. The predicted molar refractivity (Wildman–Crippen MR) is 263 cm³/mol. The molecule has 0 radical (unpaired) electrons. The van der Waals surface area contributed by atoms with Crippen molar-refractivity contribution in [2.75, 3.05) is 62.2 Å². The Morgan fingerprint density at radius 1 is 0.560 bits per heavy atom. The molecular formula is C53H56F6N10O6. The summed E-state index contributed by atoms with van der Waals surface area (Å²) in [6.07, 6.45) is -6.14. The normalized spacial score (nSPS) is 17.1. The first kappa shape index (κ1) is 52.4. The fourth-order valence-corrected chi connectivity index (χ4v) is 9.59. The Labute approximate surface area is 428 Å². The van der Waals surface area contributed by atoms with Gasteiger partial charge in [-0.05, 0) is 112 Å². The quantitative estimate of drug-likeness (QED) is 0.144. The first-order chi connectivity index (χ1) is 35.6. The Balaban J connectivity index is 0.000000187. The molecule has 10 rings (SSSR count). The molecule has 6 aromatic rings. The molecule has 1 N–H and O–H groups in total. The lowest BCUT2D eigenvalue weighted by atomic mass is 9.72. The summed E-state index contributed by atoms with van der Waals surface area (Å²) in [5, 5.41) is 16.5. The molecule has 5 amide bonds. The van der Waals surface area contributed by atoms with Crippen molar-refractivity contribution in [1.29, 1.82) is 0 Å². The molecule has 6 heterocycles. The number of likely N-dealkylation sites (tertiary alicyclic amines) is 3. The largest absolute Gasteiger partial charge is 0.470 e. The minimum absolute atomic E-state index is 0.00180. The van der Waals surface area contributed by atoms with Gasteiger partial charge < -0.3 is 33.6 Å². The van der Waals surface area contributed by atoms with Gasteiger partial charge in [0.25, 0.3) is 0 Å². The van der Waals surface area contributed by atoms with Gasteiger partial charge >= 0.3 is 42.3 Å². The van der Waals surface area contributed by atoms with Crippen LogP contribution in [0, 0.1) is 10.8 Å². The predicted octanol–water partition coefficient (Wildman–Crippen LogP) is 10.8. The second kappa shape index (κ2) is 21.0. The van der Waals surface area contributed by atoms with Crippen LogP contribution in [-0.4, -0.2) is 111 Å². The van der Waals surface area contributed by atoms with Gasteiger partial charge in [0.1, 0.15) is 5.60 Å². The van der Waals surface area contributed by atoms with Crippen LogP contribution < -0.4 is 15.1 Å². The number of nitrogens with one attached hydrogen (secondary N) is 1. The molecular weight excluding hydrogens is 987 g/mol. The highest BCUT2D eigenvalue weighted by molar-refractivity contribution is 5.93. The fourth-order valence-electron chi connectivity index (χ4n) is 9.59. The van der Waals surface area contributed by atoms with E-state index in [2.05, 4.69) is 25.7 Å². The number of rotatable bonds is 8. The van der Waals surface area contributed by atoms with E-state index in [1.807, 2.05) is 91.2 Å². The topological polar surface area (TPSA) is 167 Å². The number of aromatic nitrogens is 4. The summed E-state index contributed by atoms with van der Waals surface area (Å²) in [5.74, 6) is -3.22. The molecule has 396 valence electrons. The number of para-hydroxylation sites is 2. The number of anilines is 2. The number of urea groups is 2. The van der Waals surface area contributed by atoms with E-state index in [1.165, 1.54) is 0 Å². The van der Waals surface area contributed by atoms with Crippen LogP contribution in [-0.2, 0) is 30.2 Å². The SMILES string of the molecule is CC(C)(C)OC(=O)N1CC2(CCN(C(=O)N(Cc3ccc(-c4nnc(C(F)(F)F)o4)cc3)c3ccccc3)CC2)C1.O=C(N1CCC2(CC1)CNC2)N(Cc1ccc(-c2nnc(C(F)(F)F)o2)cc1)c1ccccc1. The van der Waals surface area contributed by atoms with Gasteiger partial charge in [-0.3, -0.25) is 9.80 Å². The zero-order valence-electron chi connectivity index (χ0n) is 41.5. The summed E-state index contributed by atoms with van der Waals surface area (Å²) in [4.78, 5) is 48.5. The highest BCUT2D eigenvalue weighted by Gasteiger charge is 2.49. The van der Waals surface area contributed by atoms with Crippen LogP contribution >= 0.6 is 0 Å². The van der Waals surface area contributed by atoms with Crippen LogP contribution in [0.3, 0.4) is 0 Å². The van der Waals surface area contributed by atoms with Crippen LogP contribution in [0.15, 0.2) is 118 Å². The Morgan fingerprint density at radius 3 is 1.28 bits per heavy atom. The number of hydrogen-bond donors (Lipinski definition) is 1. The first-order valence-electron chi connectivity index (χ1n) is 24.6. The summed E-state index contributed by atoms with van der Waals surface area (Å²) in [6, 6.07) is 31.9. The molecule has 16 nitrogen and oxygen atoms in total. The summed E-state index contributed by atoms with van der Waals surface area (Å²) in [7, 11) is 0. The van der Waals surface area contributed by atoms with Crippen LogP contribution in [0.25, 0.3) is 22.9 Å². The number of carbonyl (C=O) groups is 3. The van der Waals surface area contributed by atoms with E-state index < -0.39 is 29.7 Å². The van der Waals surface area contributed by atoms with Gasteiger partial charge in [0, 0.05) is 80.3 Å². The number of halogens is 6. The molecule has 4 aliphatic rings. The van der Waals surface area contributed by atoms with Crippen LogP contribution in [0.4, 0.5) is 52.1 Å². The maximum atomic E-state index is 13.8. The number of piperidine rings is 2. The van der Waals surface area contributed by atoms with Crippen LogP contribution in [0.5, 0.6) is 0 Å². The van der Waals surface area contributed by atoms with Gasteiger partial charge in [0.05, 0.1) is 13.1 Å². The van der Waals surface area contributed by atoms with E-state index in [-0.39, 0.29) is 41.9 Å². The van der Waals surface area contributed by atoms with Crippen molar-refractivity contribution in [3.8, 4) is 22.9 Å². The lowest BCUT2D eigenvalue weighted by Crippen LogP contribution is -2.63. The minimum Gasteiger partial charge on any atom is -0.444 e. The lowest BCUT2D eigenvalue weighted by molar-refractivity contribution is -0.157. The second-order valence-corrected chi connectivity index (χ2v) is 20.5. The molecule has 2 spiro atoms. The fraction of sp³-hybridized carbons (Fsp3) is 0.415. The second-order valence-electron chi connectivity index (χ2n) is 20.5. The number of nitrogens with zero attached hydrogens (tertiary/aromatic N) is 9. The number of alkyl halides is 6. The van der Waals surface area contributed by atoms with Crippen molar-refractivity contribution in [1.82, 2.24) is 40.4 Å². The number of amides is 5. The molecule has 4 aliphatic heterocycles. The van der Waals surface area contributed by atoms with Crippen LogP contribution in [0.1, 0.15) is 69.4 Å². The van der Waals surface area contributed by atoms with Gasteiger partial charge in [-0.25, -0.2) is 14.4 Å². The van der Waals surface area contributed by atoms with Crippen molar-refractivity contribution < 1.29 is 54.3 Å². The lowest BCUT2D eigenvalue weighted by Gasteiger charge is -2.53. The van der Waals surface area contributed by atoms with E-state index in [1.54, 1.807) is 63.2 Å². The molecule has 2 aromatic heterocycles. The van der Waals surface area contributed by atoms with Crippen molar-refractivity contribution in [3.05, 3.63) is 132 Å². The average Bonchev–Trinajstić information content (AvgIpc) is 4.09. The smallest absolute Gasteiger partial charge is 0.444 e. The highest BCUT2D eigenvalue weighted by atomic mass is 19.4. The van der Waals surface area contributed by atoms with Crippen molar-refractivity contribution in [3.63, 3.8) is 0 Å². The van der Waals surface area contributed by atoms with Gasteiger partial charge in [0.2, 0.25) is 11.8 Å². The Morgan fingerprint density at radius 2 is 0.947 bits per heavy atom. The third-order valence-electron chi connectivity index (χ3n) is 13.9. The molecule has 0 unspecified atom stereocenters. The number of hydrogen-bond acceptors (Lipinski definition) is 11. The molecule has 4 saturated heterocycles. The van der Waals surface area contributed by atoms with E-state index in [9.17, 15) is 40.7 Å². The van der Waals surface area contributed by atoms with E-state index in [4.69, 9.17) is 13.6 Å². The maximum Gasteiger partial charge on any atom is 0.470 e. The molecule has 22 heteroatoms. The Hall–Kier alpha value is -7.49. The van der Waals surface area contributed by atoms with Gasteiger partial charge in [-0.1, -0.05) is 60.7 Å². The average molecular weight is 1040 g/mol. The number of ether oxygens (including phenoxy) is 1. The summed E-state index contributed by atoms with van der Waals surface area (Å²) in [6.45, 7) is 12.0. The highest BCUT2D eigenvalue weighted by Crippen LogP contribution is 2.42. The third kappa shape index (κ3) is 12.4. The molecule has 0 saturated carbocycles. The van der Waals surface area contributed by atoms with E-state index in [0.717, 1.165) is 74.4 Å². The first-order valence-corrected chi connectivity index (χ1v) is 24.6. The Kier molecular flexibility index (Phi) is 14.7. The van der Waals surface area contributed by atoms with Crippen LogP contribution in [0.2, 0.25) is 0 Å². The minimum atomic E-state index is -4.72. The number of carbonyl (C=O) groups excluding carboxylic acids is 3. The molecule has 75 heavy (non-hydrogen) atoms. The summed E-state index contributed by atoms with van der Waals surface area (Å²) < 4.78 is 91.7. The zero-order valence-corrected chi connectivity index (χ0v) is 41.5.